The van der Waals surface area contributed by atoms with Crippen LogP contribution >= 0.6 is 0 Å². The Labute approximate surface area is 118 Å². The van der Waals surface area contributed by atoms with Crippen LogP contribution in [0.25, 0.3) is 0 Å². The van der Waals surface area contributed by atoms with Crippen LogP contribution < -0.4 is 0 Å². The van der Waals surface area contributed by atoms with Gasteiger partial charge in [0.1, 0.15) is 11.9 Å². The lowest BCUT2D eigenvalue weighted by molar-refractivity contribution is -0.160. The van der Waals surface area contributed by atoms with Gasteiger partial charge in [-0.05, 0) is 33.1 Å². The molecule has 0 amide bonds. The molecule has 0 aromatic carbocycles. The average molecular weight is 267 g/mol. The number of carbonyl (C=O) groups is 2. The van der Waals surface area contributed by atoms with E-state index in [2.05, 4.69) is 6.58 Å². The molecule has 0 aliphatic rings. The molecule has 0 aliphatic heterocycles. The lowest BCUT2D eigenvalue weighted by Gasteiger charge is -2.18. The van der Waals surface area contributed by atoms with Gasteiger partial charge in [-0.1, -0.05) is 6.08 Å². The Hall–Kier alpha value is -1.10. The van der Waals surface area contributed by atoms with E-state index in [0.29, 0.717) is 12.8 Å². The zero-order valence-corrected chi connectivity index (χ0v) is 12.2. The first kappa shape index (κ1) is 20.2. The Morgan fingerprint density at radius 2 is 1.95 bits per heavy atom. The van der Waals surface area contributed by atoms with Crippen LogP contribution in [0, 0.1) is 0 Å². The number of unbranched alkanes of at least 4 members (excludes halogenated alkanes) is 1. The van der Waals surface area contributed by atoms with E-state index in [9.17, 15) is 9.59 Å². The number of hydrogen-bond donors (Lipinski definition) is 0. The standard InChI is InChI=1S/C14H24O4.B/c1-5-8-13(10-7-6-9-11(2)15)18-14(16)12(3)17-4;/h5,12-13H,1,6-10H2,2-4H3;. The second-order valence-corrected chi connectivity index (χ2v) is 4.41. The van der Waals surface area contributed by atoms with Crippen LogP contribution in [0.2, 0.25) is 0 Å². The molecular formula is C14H24BO4. The van der Waals surface area contributed by atoms with E-state index in [1.165, 1.54) is 7.11 Å². The molecular weight excluding hydrogens is 243 g/mol. The SMILES string of the molecule is C=CCC(CCCCC(C)=O)OC(=O)C(C)OC.[B]. The largest absolute Gasteiger partial charge is 0.460 e. The molecule has 0 saturated heterocycles. The van der Waals surface area contributed by atoms with Crippen LogP contribution in [0.3, 0.4) is 0 Å². The Bertz CT molecular complexity index is 279. The maximum absolute atomic E-state index is 11.6. The summed E-state index contributed by atoms with van der Waals surface area (Å²) in [7, 11) is 1.47. The van der Waals surface area contributed by atoms with Gasteiger partial charge in [0.15, 0.2) is 6.10 Å². The molecule has 2 atom stereocenters. The highest BCUT2D eigenvalue weighted by molar-refractivity contribution is 5.76. The normalized spacial score (nSPS) is 13.0. The maximum Gasteiger partial charge on any atom is 0.335 e. The molecule has 0 fully saturated rings. The van der Waals surface area contributed by atoms with Gasteiger partial charge in [-0.25, -0.2) is 4.79 Å². The van der Waals surface area contributed by atoms with Crippen molar-refractivity contribution in [2.75, 3.05) is 7.11 Å². The summed E-state index contributed by atoms with van der Waals surface area (Å²) in [6, 6.07) is 0. The van der Waals surface area contributed by atoms with Gasteiger partial charge in [0.2, 0.25) is 0 Å². The van der Waals surface area contributed by atoms with E-state index in [4.69, 9.17) is 9.47 Å². The van der Waals surface area contributed by atoms with Crippen molar-refractivity contribution in [2.24, 2.45) is 0 Å². The van der Waals surface area contributed by atoms with Gasteiger partial charge < -0.3 is 14.3 Å². The molecule has 4 nitrogen and oxygen atoms in total. The van der Waals surface area contributed by atoms with Crippen molar-refractivity contribution in [3.8, 4) is 0 Å². The predicted molar refractivity (Wildman–Crippen MR) is 76.1 cm³/mol. The van der Waals surface area contributed by atoms with Crippen molar-refractivity contribution in [1.29, 1.82) is 0 Å². The fraction of sp³-hybridized carbons (Fsp3) is 0.714. The minimum atomic E-state index is -0.547. The highest BCUT2D eigenvalue weighted by Crippen LogP contribution is 2.12. The number of hydrogen-bond acceptors (Lipinski definition) is 4. The summed E-state index contributed by atoms with van der Waals surface area (Å²) in [4.78, 5) is 22.4. The van der Waals surface area contributed by atoms with E-state index >= 15 is 0 Å². The quantitative estimate of drug-likeness (QED) is 0.264. The van der Waals surface area contributed by atoms with Gasteiger partial charge in [-0.2, -0.15) is 0 Å². The molecule has 0 rings (SSSR count). The van der Waals surface area contributed by atoms with E-state index in [0.717, 1.165) is 19.3 Å². The molecule has 0 bridgehead atoms. The summed E-state index contributed by atoms with van der Waals surface area (Å²) < 4.78 is 10.2. The van der Waals surface area contributed by atoms with Crippen LogP contribution in [-0.2, 0) is 19.1 Å². The van der Waals surface area contributed by atoms with Gasteiger partial charge in [0.25, 0.3) is 0 Å². The third kappa shape index (κ3) is 10.5. The first-order chi connectivity index (χ1) is 8.51. The number of ether oxygens (including phenoxy) is 2. The molecule has 0 aromatic heterocycles. The fourth-order valence-corrected chi connectivity index (χ4v) is 1.51. The van der Waals surface area contributed by atoms with Crippen molar-refractivity contribution in [1.82, 2.24) is 0 Å². The van der Waals surface area contributed by atoms with Crippen molar-refractivity contribution >= 4 is 20.2 Å². The molecule has 107 valence electrons. The van der Waals surface area contributed by atoms with Crippen molar-refractivity contribution < 1.29 is 19.1 Å². The number of ketones is 1. The second-order valence-electron chi connectivity index (χ2n) is 4.41. The van der Waals surface area contributed by atoms with Crippen LogP contribution in [-0.4, -0.2) is 39.5 Å². The van der Waals surface area contributed by atoms with E-state index < -0.39 is 6.10 Å². The van der Waals surface area contributed by atoms with Gasteiger partial charge in [-0.15, -0.1) is 6.58 Å². The number of esters is 1. The third-order valence-corrected chi connectivity index (χ3v) is 2.70. The van der Waals surface area contributed by atoms with E-state index in [1.54, 1.807) is 19.9 Å². The smallest absolute Gasteiger partial charge is 0.335 e. The van der Waals surface area contributed by atoms with Crippen LogP contribution in [0.5, 0.6) is 0 Å². The van der Waals surface area contributed by atoms with Crippen LogP contribution in [0.1, 0.15) is 46.0 Å². The summed E-state index contributed by atoms with van der Waals surface area (Å²) >= 11 is 0. The van der Waals surface area contributed by atoms with Gasteiger partial charge in [-0.3, -0.25) is 0 Å². The summed E-state index contributed by atoms with van der Waals surface area (Å²) in [5, 5.41) is 0. The number of carbonyl (C=O) groups excluding carboxylic acids is 2. The molecule has 0 spiro atoms. The summed E-state index contributed by atoms with van der Waals surface area (Å²) in [5.74, 6) is -0.156. The van der Waals surface area contributed by atoms with E-state index in [-0.39, 0.29) is 26.3 Å². The molecule has 19 heavy (non-hydrogen) atoms. The summed E-state index contributed by atoms with van der Waals surface area (Å²) in [5.41, 5.74) is 0. The molecule has 0 aromatic rings. The number of rotatable bonds is 10. The third-order valence-electron chi connectivity index (χ3n) is 2.70. The highest BCUT2D eigenvalue weighted by atomic mass is 16.6. The molecule has 0 heterocycles. The minimum Gasteiger partial charge on any atom is -0.460 e. The van der Waals surface area contributed by atoms with Crippen molar-refractivity contribution in [3.63, 3.8) is 0 Å². The second kappa shape index (κ2) is 12.0. The maximum atomic E-state index is 11.6. The van der Waals surface area contributed by atoms with Gasteiger partial charge in [0.05, 0.1) is 0 Å². The Morgan fingerprint density at radius 3 is 2.42 bits per heavy atom. The number of methoxy groups -OCH3 is 1. The summed E-state index contributed by atoms with van der Waals surface area (Å²) in [6.07, 6.45) is 4.69. The molecule has 2 unspecified atom stereocenters. The minimum absolute atomic E-state index is 0. The van der Waals surface area contributed by atoms with Gasteiger partial charge >= 0.3 is 5.97 Å². The summed E-state index contributed by atoms with van der Waals surface area (Å²) in [6.45, 7) is 6.89. The topological polar surface area (TPSA) is 52.6 Å². The number of Topliss-reactive ketones (excluding diaryl/α,β-unsaturated/α-hetero) is 1. The first-order valence-electron chi connectivity index (χ1n) is 6.34. The zero-order valence-electron chi connectivity index (χ0n) is 12.2. The van der Waals surface area contributed by atoms with Crippen molar-refractivity contribution in [3.05, 3.63) is 12.7 Å². The monoisotopic (exact) mass is 267 g/mol. The Morgan fingerprint density at radius 1 is 1.32 bits per heavy atom. The average Bonchev–Trinajstić information content (AvgIpc) is 2.33. The molecule has 0 N–H and O–H groups in total. The van der Waals surface area contributed by atoms with E-state index in [1.807, 2.05) is 0 Å². The van der Waals surface area contributed by atoms with Crippen molar-refractivity contribution in [2.45, 2.75) is 58.2 Å². The highest BCUT2D eigenvalue weighted by Gasteiger charge is 2.18. The Balaban J connectivity index is 0. The predicted octanol–water partition coefficient (Wildman–Crippen LogP) is 2.28. The zero-order chi connectivity index (χ0) is 14.0. The lowest BCUT2D eigenvalue weighted by atomic mass is 10.1. The molecule has 0 aliphatic carbocycles. The van der Waals surface area contributed by atoms with Gasteiger partial charge in [0, 0.05) is 28.4 Å². The van der Waals surface area contributed by atoms with Crippen LogP contribution in [0.15, 0.2) is 12.7 Å². The molecule has 5 heteroatoms. The Kier molecular flexibility index (Phi) is 12.7. The molecule has 3 radical (unpaired) electrons. The van der Waals surface area contributed by atoms with Crippen LogP contribution in [0.4, 0.5) is 0 Å². The fourth-order valence-electron chi connectivity index (χ4n) is 1.51. The molecule has 0 saturated carbocycles. The first-order valence-corrected chi connectivity index (χ1v) is 6.34. The lowest BCUT2D eigenvalue weighted by Crippen LogP contribution is -2.27.